The number of nitrogens with one attached hydrogen (secondary N) is 1. The summed E-state index contributed by atoms with van der Waals surface area (Å²) in [5.41, 5.74) is 1.24. The van der Waals surface area contributed by atoms with Gasteiger partial charge in [0.15, 0.2) is 0 Å². The van der Waals surface area contributed by atoms with E-state index >= 15 is 0 Å². The smallest absolute Gasteiger partial charge is 0.324 e. The van der Waals surface area contributed by atoms with Crippen molar-refractivity contribution < 1.29 is 9.59 Å². The summed E-state index contributed by atoms with van der Waals surface area (Å²) in [7, 11) is 0. The minimum Gasteiger partial charge on any atom is -0.336 e. The molecule has 0 spiro atoms. The first kappa shape index (κ1) is 15.4. The van der Waals surface area contributed by atoms with Crippen LogP contribution in [0.5, 0.6) is 0 Å². The van der Waals surface area contributed by atoms with Crippen molar-refractivity contribution in [1.29, 1.82) is 0 Å². The Labute approximate surface area is 135 Å². The molecule has 0 saturated carbocycles. The number of imide groups is 1. The van der Waals surface area contributed by atoms with Gasteiger partial charge in [0.25, 0.3) is 0 Å². The van der Waals surface area contributed by atoms with Gasteiger partial charge in [-0.25, -0.2) is 4.79 Å². The van der Waals surface area contributed by atoms with Crippen LogP contribution < -0.4 is 5.32 Å². The maximum atomic E-state index is 12.4. The van der Waals surface area contributed by atoms with Gasteiger partial charge in [-0.2, -0.15) is 11.8 Å². The van der Waals surface area contributed by atoms with Crippen LogP contribution in [0.1, 0.15) is 18.5 Å². The second-order valence-electron chi connectivity index (χ2n) is 5.68. The maximum Gasteiger partial charge on any atom is 0.324 e. The van der Waals surface area contributed by atoms with Crippen LogP contribution in [-0.4, -0.2) is 58.9 Å². The van der Waals surface area contributed by atoms with Crippen molar-refractivity contribution in [2.24, 2.45) is 0 Å². The lowest BCUT2D eigenvalue weighted by atomic mass is 10.0. The van der Waals surface area contributed by atoms with Gasteiger partial charge in [0.05, 0.1) is 6.54 Å². The fraction of sp³-hybridized carbons (Fsp3) is 0.500. The van der Waals surface area contributed by atoms with Gasteiger partial charge in [0.1, 0.15) is 0 Å². The van der Waals surface area contributed by atoms with Crippen LogP contribution in [0.15, 0.2) is 30.3 Å². The van der Waals surface area contributed by atoms with E-state index in [1.807, 2.05) is 30.0 Å². The second-order valence-corrected chi connectivity index (χ2v) is 7.16. The molecule has 2 aliphatic rings. The number of nitrogens with zero attached hydrogens (tertiary/aromatic N) is 2. The van der Waals surface area contributed by atoms with E-state index in [1.165, 1.54) is 10.5 Å². The van der Waals surface area contributed by atoms with Gasteiger partial charge in [-0.15, -0.1) is 0 Å². The highest BCUT2D eigenvalue weighted by molar-refractivity contribution is 8.00. The number of carbonyl (C=O) groups excluding carboxylic acids is 2. The molecule has 2 atom stereocenters. The number of hydrogen-bond acceptors (Lipinski definition) is 4. The Hall–Kier alpha value is -1.53. The Kier molecular flexibility index (Phi) is 4.69. The zero-order valence-corrected chi connectivity index (χ0v) is 13.5. The Balaban J connectivity index is 1.75. The molecule has 2 saturated heterocycles. The van der Waals surface area contributed by atoms with E-state index in [0.29, 0.717) is 24.9 Å². The number of thioether (sulfide) groups is 1. The van der Waals surface area contributed by atoms with E-state index < -0.39 is 0 Å². The predicted octanol–water partition coefficient (Wildman–Crippen LogP) is 1.72. The van der Waals surface area contributed by atoms with Gasteiger partial charge < -0.3 is 5.32 Å². The zero-order valence-electron chi connectivity index (χ0n) is 12.7. The van der Waals surface area contributed by atoms with E-state index in [1.54, 1.807) is 0 Å². The van der Waals surface area contributed by atoms with Crippen molar-refractivity contribution >= 4 is 23.7 Å². The monoisotopic (exact) mass is 319 g/mol. The van der Waals surface area contributed by atoms with Crippen LogP contribution in [0.4, 0.5) is 4.79 Å². The Morgan fingerprint density at radius 2 is 2.09 bits per heavy atom. The molecular weight excluding hydrogens is 298 g/mol. The summed E-state index contributed by atoms with van der Waals surface area (Å²) in [6.07, 6.45) is 0. The third kappa shape index (κ3) is 3.13. The predicted molar refractivity (Wildman–Crippen MR) is 87.8 cm³/mol. The summed E-state index contributed by atoms with van der Waals surface area (Å²) in [4.78, 5) is 27.6. The average Bonchev–Trinajstić information content (AvgIpc) is 2.94. The first-order valence-corrected chi connectivity index (χ1v) is 8.70. The third-order valence-electron chi connectivity index (χ3n) is 4.23. The van der Waals surface area contributed by atoms with E-state index in [-0.39, 0.29) is 18.0 Å². The largest absolute Gasteiger partial charge is 0.336 e. The minimum absolute atomic E-state index is 0.102. The van der Waals surface area contributed by atoms with Crippen LogP contribution in [0.3, 0.4) is 0 Å². The van der Waals surface area contributed by atoms with Gasteiger partial charge in [-0.1, -0.05) is 37.3 Å². The molecule has 6 heteroatoms. The van der Waals surface area contributed by atoms with Gasteiger partial charge in [-0.3, -0.25) is 14.6 Å². The van der Waals surface area contributed by atoms with Gasteiger partial charge >= 0.3 is 6.03 Å². The summed E-state index contributed by atoms with van der Waals surface area (Å²) in [5, 5.41) is 3.11. The Bertz CT molecular complexity index is 552. The van der Waals surface area contributed by atoms with Crippen molar-refractivity contribution in [1.82, 2.24) is 15.1 Å². The third-order valence-corrected chi connectivity index (χ3v) is 5.44. The van der Waals surface area contributed by atoms with E-state index in [4.69, 9.17) is 0 Å². The SMILES string of the molecule is C[C@H]1SCCN(CC(=O)N2CCNC2=O)[C@H]1c1ccccc1. The fourth-order valence-electron chi connectivity index (χ4n) is 3.16. The molecule has 118 valence electrons. The molecule has 3 rings (SSSR count). The quantitative estimate of drug-likeness (QED) is 0.922. The standard InChI is InChI=1S/C16H21N3O2S/c1-12-15(13-5-3-2-4-6-13)18(9-10-22-12)11-14(20)19-8-7-17-16(19)21/h2-6,12,15H,7-11H2,1H3,(H,17,21)/t12-,15-/m1/s1. The summed E-state index contributed by atoms with van der Waals surface area (Å²) >= 11 is 1.94. The van der Waals surface area contributed by atoms with Crippen molar-refractivity contribution in [2.45, 2.75) is 18.2 Å². The van der Waals surface area contributed by atoms with Gasteiger partial charge in [0.2, 0.25) is 5.91 Å². The van der Waals surface area contributed by atoms with Crippen LogP contribution in [0.2, 0.25) is 0 Å². The van der Waals surface area contributed by atoms with Crippen molar-refractivity contribution in [3.63, 3.8) is 0 Å². The summed E-state index contributed by atoms with van der Waals surface area (Å²) in [6, 6.07) is 10.3. The van der Waals surface area contributed by atoms with Crippen LogP contribution in [0, 0.1) is 0 Å². The van der Waals surface area contributed by atoms with Gasteiger partial charge in [-0.05, 0) is 5.56 Å². The molecule has 0 bridgehead atoms. The lowest BCUT2D eigenvalue weighted by Gasteiger charge is -2.39. The highest BCUT2D eigenvalue weighted by atomic mass is 32.2. The molecule has 2 heterocycles. The molecule has 0 radical (unpaired) electrons. The molecular formula is C16H21N3O2S. The van der Waals surface area contributed by atoms with Crippen molar-refractivity contribution in [2.75, 3.05) is 31.9 Å². The molecule has 5 nitrogen and oxygen atoms in total. The topological polar surface area (TPSA) is 52.7 Å². The van der Waals surface area contributed by atoms with Crippen LogP contribution in [-0.2, 0) is 4.79 Å². The summed E-state index contributed by atoms with van der Waals surface area (Å²) < 4.78 is 0. The van der Waals surface area contributed by atoms with Gasteiger partial charge in [0, 0.05) is 36.7 Å². The average molecular weight is 319 g/mol. The summed E-state index contributed by atoms with van der Waals surface area (Å²) in [5.74, 6) is 0.916. The first-order chi connectivity index (χ1) is 10.7. The molecule has 2 aliphatic heterocycles. The Morgan fingerprint density at radius 3 is 2.77 bits per heavy atom. The molecule has 1 aromatic rings. The normalized spacial score (nSPS) is 26.0. The number of hydrogen-bond donors (Lipinski definition) is 1. The second kappa shape index (κ2) is 6.71. The number of benzene rings is 1. The summed E-state index contributed by atoms with van der Waals surface area (Å²) in [6.45, 7) is 4.42. The molecule has 2 fully saturated rings. The molecule has 1 N–H and O–H groups in total. The highest BCUT2D eigenvalue weighted by Crippen LogP contribution is 2.35. The molecule has 0 aromatic heterocycles. The molecule has 1 aromatic carbocycles. The number of amides is 3. The molecule has 3 amide bonds. The van der Waals surface area contributed by atoms with E-state index in [9.17, 15) is 9.59 Å². The molecule has 0 aliphatic carbocycles. The highest BCUT2D eigenvalue weighted by Gasteiger charge is 2.34. The van der Waals surface area contributed by atoms with Crippen LogP contribution in [0.25, 0.3) is 0 Å². The fourth-order valence-corrected chi connectivity index (χ4v) is 4.38. The lowest BCUT2D eigenvalue weighted by Crippen LogP contribution is -2.47. The number of urea groups is 1. The lowest BCUT2D eigenvalue weighted by molar-refractivity contribution is -0.129. The van der Waals surface area contributed by atoms with E-state index in [0.717, 1.165) is 12.3 Å². The number of carbonyl (C=O) groups is 2. The zero-order chi connectivity index (χ0) is 15.5. The van der Waals surface area contributed by atoms with E-state index in [2.05, 4.69) is 29.3 Å². The van der Waals surface area contributed by atoms with Crippen molar-refractivity contribution in [3.05, 3.63) is 35.9 Å². The number of rotatable bonds is 3. The first-order valence-electron chi connectivity index (χ1n) is 7.65. The molecule has 0 unspecified atom stereocenters. The van der Waals surface area contributed by atoms with Crippen molar-refractivity contribution in [3.8, 4) is 0 Å². The Morgan fingerprint density at radius 1 is 1.32 bits per heavy atom. The molecule has 22 heavy (non-hydrogen) atoms. The maximum absolute atomic E-state index is 12.4. The van der Waals surface area contributed by atoms with Crippen LogP contribution >= 0.6 is 11.8 Å². The minimum atomic E-state index is -0.263.